The van der Waals surface area contributed by atoms with Crippen LogP contribution in [0, 0.1) is 6.92 Å². The monoisotopic (exact) mass is 897 g/mol. The molecule has 69 heavy (non-hydrogen) atoms. The fourth-order valence-corrected chi connectivity index (χ4v) is 9.59. The second kappa shape index (κ2) is 18.3. The van der Waals surface area contributed by atoms with Crippen molar-refractivity contribution in [3.05, 3.63) is 217 Å². The van der Waals surface area contributed by atoms with Gasteiger partial charge in [0.2, 0.25) is 0 Å². The van der Waals surface area contributed by atoms with Crippen LogP contribution in [0.4, 0.5) is 0 Å². The van der Waals surface area contributed by atoms with Crippen molar-refractivity contribution in [1.82, 2.24) is 14.5 Å². The van der Waals surface area contributed by atoms with Gasteiger partial charge in [-0.3, -0.25) is 9.55 Å². The molecule has 0 spiro atoms. The lowest BCUT2D eigenvalue weighted by atomic mass is 9.86. The van der Waals surface area contributed by atoms with Crippen LogP contribution in [0.3, 0.4) is 0 Å². The van der Waals surface area contributed by atoms with Gasteiger partial charge in [-0.05, 0) is 140 Å². The van der Waals surface area contributed by atoms with Crippen LogP contribution in [0.1, 0.15) is 82.6 Å². The van der Waals surface area contributed by atoms with E-state index in [2.05, 4.69) is 242 Å². The number of pyridine rings is 1. The van der Waals surface area contributed by atoms with E-state index in [9.17, 15) is 5.11 Å². The van der Waals surface area contributed by atoms with Crippen LogP contribution < -0.4 is 0 Å². The van der Waals surface area contributed by atoms with E-state index in [4.69, 9.17) is 9.97 Å². The summed E-state index contributed by atoms with van der Waals surface area (Å²) in [5.74, 6) is 1.31. The van der Waals surface area contributed by atoms with Gasteiger partial charge in [-0.15, -0.1) is 0 Å². The predicted octanol–water partition coefficient (Wildman–Crippen LogP) is 17.6. The summed E-state index contributed by atoms with van der Waals surface area (Å²) in [7, 11) is 0. The maximum Gasteiger partial charge on any atom is 0.149 e. The molecule has 0 saturated heterocycles. The minimum Gasteiger partial charge on any atom is -0.507 e. The summed E-state index contributed by atoms with van der Waals surface area (Å²) in [4.78, 5) is 10.7. The van der Waals surface area contributed by atoms with Crippen LogP contribution in [-0.2, 0) is 5.41 Å². The summed E-state index contributed by atoms with van der Waals surface area (Å²) in [6.07, 6.45) is 1.91. The number of aromatic hydroxyl groups is 1. The summed E-state index contributed by atoms with van der Waals surface area (Å²) >= 11 is 0. The minimum absolute atomic E-state index is 0.0246. The number of aromatic nitrogens is 3. The van der Waals surface area contributed by atoms with Crippen molar-refractivity contribution in [2.45, 2.75) is 72.6 Å². The molecule has 1 N–H and O–H groups in total. The van der Waals surface area contributed by atoms with Gasteiger partial charge in [-0.25, -0.2) is 4.98 Å². The standard InChI is InChI=1S/C65H59N3O/c1-41(2)50-38-56(42(3)4)63(69)58(39-50)64-67-62-55(20-15-21-61(62)68(64)60-31-22-43(5)34-57(60)48-27-29-54(30-28-48)65(6,7)8)52-35-51(45-18-13-10-14-19-45)36-53(37-52)59-40-49(32-33-66-59)47-25-23-46(24-26-47)44-16-11-9-12-17-44/h9-42,69H,1-8H3. The largest absolute Gasteiger partial charge is 0.507 e. The lowest BCUT2D eigenvalue weighted by molar-refractivity contribution is 0.466. The number of rotatable bonds is 10. The highest BCUT2D eigenvalue weighted by Gasteiger charge is 2.25. The van der Waals surface area contributed by atoms with E-state index >= 15 is 0 Å². The molecule has 0 bridgehead atoms. The zero-order valence-electron chi connectivity index (χ0n) is 40.9. The second-order valence-electron chi connectivity index (χ2n) is 20.1. The van der Waals surface area contributed by atoms with E-state index in [1.165, 1.54) is 22.3 Å². The van der Waals surface area contributed by atoms with Gasteiger partial charge in [0.1, 0.15) is 11.6 Å². The zero-order chi connectivity index (χ0) is 48.0. The van der Waals surface area contributed by atoms with E-state index in [0.717, 1.165) is 89.2 Å². The number of phenolic OH excluding ortho intramolecular Hbond substituents is 1. The van der Waals surface area contributed by atoms with Gasteiger partial charge >= 0.3 is 0 Å². The number of para-hydroxylation sites is 1. The Morgan fingerprint density at radius 1 is 0.478 bits per heavy atom. The third-order valence-corrected chi connectivity index (χ3v) is 13.6. The Morgan fingerprint density at radius 3 is 1.74 bits per heavy atom. The van der Waals surface area contributed by atoms with Gasteiger partial charge < -0.3 is 5.11 Å². The van der Waals surface area contributed by atoms with Gasteiger partial charge in [0, 0.05) is 22.9 Å². The Balaban J connectivity index is 1.20. The van der Waals surface area contributed by atoms with Gasteiger partial charge in [0.05, 0.1) is 28.0 Å². The van der Waals surface area contributed by atoms with Gasteiger partial charge in [-0.2, -0.15) is 0 Å². The van der Waals surface area contributed by atoms with Crippen molar-refractivity contribution in [2.24, 2.45) is 0 Å². The third kappa shape index (κ3) is 8.91. The molecule has 4 heteroatoms. The van der Waals surface area contributed by atoms with Gasteiger partial charge in [0.15, 0.2) is 0 Å². The van der Waals surface area contributed by atoms with Gasteiger partial charge in [0.25, 0.3) is 0 Å². The van der Waals surface area contributed by atoms with E-state index in [1.807, 2.05) is 12.3 Å². The number of fused-ring (bicyclic) bond motifs is 1. The molecule has 0 saturated carbocycles. The van der Waals surface area contributed by atoms with Crippen molar-refractivity contribution in [2.75, 3.05) is 0 Å². The average Bonchev–Trinajstić information content (AvgIpc) is 3.76. The number of hydrogen-bond donors (Lipinski definition) is 1. The molecule has 0 unspecified atom stereocenters. The minimum atomic E-state index is 0.0246. The lowest BCUT2D eigenvalue weighted by Gasteiger charge is -2.21. The first-order chi connectivity index (χ1) is 33.3. The normalized spacial score (nSPS) is 11.8. The molecular formula is C65H59N3O. The molecule has 340 valence electrons. The second-order valence-corrected chi connectivity index (χ2v) is 20.1. The molecular weight excluding hydrogens is 839 g/mol. The van der Waals surface area contributed by atoms with Gasteiger partial charge in [-0.1, -0.05) is 187 Å². The molecule has 10 rings (SSSR count). The predicted molar refractivity (Wildman–Crippen MR) is 290 cm³/mol. The smallest absolute Gasteiger partial charge is 0.149 e. The summed E-state index contributed by atoms with van der Waals surface area (Å²) in [6, 6.07) is 67.4. The quantitative estimate of drug-likeness (QED) is 0.149. The van der Waals surface area contributed by atoms with Crippen molar-refractivity contribution >= 4 is 11.0 Å². The fourth-order valence-electron chi connectivity index (χ4n) is 9.59. The molecule has 0 atom stereocenters. The maximum atomic E-state index is 12.4. The van der Waals surface area contributed by atoms with Crippen LogP contribution >= 0.6 is 0 Å². The van der Waals surface area contributed by atoms with Crippen molar-refractivity contribution in [3.8, 4) is 89.7 Å². The number of phenols is 1. The Labute approximate surface area is 407 Å². The number of hydrogen-bond acceptors (Lipinski definition) is 3. The first-order valence-electron chi connectivity index (χ1n) is 24.2. The number of imidazole rings is 1. The highest BCUT2D eigenvalue weighted by atomic mass is 16.3. The van der Waals surface area contributed by atoms with Crippen LogP contribution in [0.25, 0.3) is 95.0 Å². The first-order valence-corrected chi connectivity index (χ1v) is 24.2. The zero-order valence-corrected chi connectivity index (χ0v) is 40.9. The first kappa shape index (κ1) is 45.0. The molecule has 0 amide bonds. The molecule has 2 heterocycles. The summed E-state index contributed by atoms with van der Waals surface area (Å²) in [6.45, 7) is 17.6. The number of aryl methyl sites for hydroxylation is 1. The Kier molecular flexibility index (Phi) is 12.0. The third-order valence-electron chi connectivity index (χ3n) is 13.6. The average molecular weight is 898 g/mol. The van der Waals surface area contributed by atoms with Crippen LogP contribution in [-0.4, -0.2) is 19.6 Å². The van der Waals surface area contributed by atoms with E-state index in [1.54, 1.807) is 0 Å². The topological polar surface area (TPSA) is 50.9 Å². The van der Waals surface area contributed by atoms with Crippen LogP contribution in [0.5, 0.6) is 5.75 Å². The SMILES string of the molecule is Cc1ccc(-n2c(-c3cc(C(C)C)cc(C(C)C)c3O)nc3c(-c4cc(-c5ccccc5)cc(-c5cc(-c6ccc(-c7ccccc7)cc6)ccn5)c4)cccc32)c(-c2ccc(C(C)(C)C)cc2)c1. The molecule has 0 aliphatic rings. The molecule has 0 fully saturated rings. The maximum absolute atomic E-state index is 12.4. The summed E-state index contributed by atoms with van der Waals surface area (Å²) in [5, 5.41) is 12.4. The molecule has 0 radical (unpaired) electrons. The molecule has 4 nitrogen and oxygen atoms in total. The highest BCUT2D eigenvalue weighted by Crippen LogP contribution is 2.45. The molecule has 8 aromatic carbocycles. The summed E-state index contributed by atoms with van der Waals surface area (Å²) < 4.78 is 2.28. The number of nitrogens with zero attached hydrogens (tertiary/aromatic N) is 3. The molecule has 10 aromatic rings. The van der Waals surface area contributed by atoms with Crippen LogP contribution in [0.15, 0.2) is 194 Å². The lowest BCUT2D eigenvalue weighted by Crippen LogP contribution is -2.10. The molecule has 0 aliphatic heterocycles. The Morgan fingerprint density at radius 2 is 1.09 bits per heavy atom. The molecule has 2 aromatic heterocycles. The van der Waals surface area contributed by atoms with Crippen LogP contribution in [0.2, 0.25) is 0 Å². The Hall–Kier alpha value is -7.82. The van der Waals surface area contributed by atoms with Crippen molar-refractivity contribution in [1.29, 1.82) is 0 Å². The van der Waals surface area contributed by atoms with E-state index < -0.39 is 0 Å². The summed E-state index contributed by atoms with van der Waals surface area (Å²) in [5.41, 5.74) is 21.0. The highest BCUT2D eigenvalue weighted by molar-refractivity contribution is 5.98. The fraction of sp³-hybridized carbons (Fsp3) is 0.169. The van der Waals surface area contributed by atoms with E-state index in [-0.39, 0.29) is 23.0 Å². The van der Waals surface area contributed by atoms with Crippen molar-refractivity contribution in [3.63, 3.8) is 0 Å². The molecule has 0 aliphatic carbocycles. The number of benzene rings is 8. The van der Waals surface area contributed by atoms with E-state index in [0.29, 0.717) is 5.82 Å². The Bertz CT molecular complexity index is 3470. The van der Waals surface area contributed by atoms with Crippen molar-refractivity contribution < 1.29 is 5.11 Å².